The lowest BCUT2D eigenvalue weighted by atomic mass is 10.2. The molecule has 2 aliphatic heterocycles. The second-order valence-corrected chi connectivity index (χ2v) is 9.63. The van der Waals surface area contributed by atoms with Crippen LogP contribution in [-0.2, 0) is 21.5 Å². The van der Waals surface area contributed by atoms with E-state index in [1.807, 2.05) is 32.0 Å². The fourth-order valence-corrected chi connectivity index (χ4v) is 5.63. The molecule has 0 N–H and O–H groups in total. The van der Waals surface area contributed by atoms with E-state index in [0.29, 0.717) is 26.2 Å². The highest BCUT2D eigenvalue weighted by Gasteiger charge is 2.36. The third-order valence-electron chi connectivity index (χ3n) is 4.72. The zero-order valence-electron chi connectivity index (χ0n) is 14.8. The molecule has 140 valence electrons. The molecule has 0 bridgehead atoms. The molecule has 8 heteroatoms. The predicted molar refractivity (Wildman–Crippen MR) is 101 cm³/mol. The molecule has 0 unspecified atom stereocenters. The Morgan fingerprint density at radius 3 is 2.24 bits per heavy atom. The van der Waals surface area contributed by atoms with Gasteiger partial charge in [-0.25, -0.2) is 0 Å². The molecule has 0 aliphatic carbocycles. The summed E-state index contributed by atoms with van der Waals surface area (Å²) in [6.07, 6.45) is -0.120. The average molecular weight is 432 g/mol. The van der Waals surface area contributed by atoms with Gasteiger partial charge in [-0.15, -0.1) is 0 Å². The second-order valence-electron chi connectivity index (χ2n) is 6.85. The first-order valence-electron chi connectivity index (χ1n) is 8.72. The van der Waals surface area contributed by atoms with Crippen LogP contribution in [0.15, 0.2) is 28.7 Å². The summed E-state index contributed by atoms with van der Waals surface area (Å²) in [4.78, 5) is 2.30. The summed E-state index contributed by atoms with van der Waals surface area (Å²) in [5, 5.41) is 0. The number of halogens is 1. The minimum absolute atomic E-state index is 0.0600. The highest BCUT2D eigenvalue weighted by Crippen LogP contribution is 2.21. The zero-order valence-corrected chi connectivity index (χ0v) is 17.2. The average Bonchev–Trinajstić information content (AvgIpc) is 2.56. The van der Waals surface area contributed by atoms with Crippen molar-refractivity contribution in [2.45, 2.75) is 32.6 Å². The molecular weight excluding hydrogens is 406 g/mol. The van der Waals surface area contributed by atoms with Crippen LogP contribution < -0.4 is 0 Å². The highest BCUT2D eigenvalue weighted by molar-refractivity contribution is 9.10. The van der Waals surface area contributed by atoms with E-state index in [2.05, 4.69) is 26.9 Å². The Balaban J connectivity index is 1.59. The third-order valence-corrected chi connectivity index (χ3v) is 7.46. The number of morpholine rings is 1. The van der Waals surface area contributed by atoms with Crippen LogP contribution in [0.25, 0.3) is 0 Å². The van der Waals surface area contributed by atoms with Crippen molar-refractivity contribution in [2.75, 3.05) is 39.3 Å². The molecule has 2 saturated heterocycles. The fraction of sp³-hybridized carbons (Fsp3) is 0.647. The van der Waals surface area contributed by atoms with Crippen molar-refractivity contribution < 1.29 is 13.2 Å². The predicted octanol–water partition coefficient (Wildman–Crippen LogP) is 1.92. The van der Waals surface area contributed by atoms with Gasteiger partial charge in [0.05, 0.1) is 12.2 Å². The van der Waals surface area contributed by atoms with Gasteiger partial charge in [-0.3, -0.25) is 4.90 Å². The molecule has 0 radical (unpaired) electrons. The van der Waals surface area contributed by atoms with E-state index >= 15 is 0 Å². The van der Waals surface area contributed by atoms with E-state index in [4.69, 9.17) is 4.74 Å². The van der Waals surface area contributed by atoms with Gasteiger partial charge in [0, 0.05) is 50.3 Å². The lowest BCUT2D eigenvalue weighted by Gasteiger charge is -2.40. The van der Waals surface area contributed by atoms with Crippen LogP contribution in [0, 0.1) is 0 Å². The van der Waals surface area contributed by atoms with Gasteiger partial charge in [0.25, 0.3) is 10.2 Å². The lowest BCUT2D eigenvalue weighted by Crippen LogP contribution is -2.57. The normalized spacial score (nSPS) is 27.5. The molecule has 2 aliphatic rings. The Kier molecular flexibility index (Phi) is 6.18. The molecule has 0 amide bonds. The van der Waals surface area contributed by atoms with Gasteiger partial charge in [0.15, 0.2) is 0 Å². The first kappa shape index (κ1) is 19.3. The molecular formula is C17H26BrN3O3S. The Bertz CT molecular complexity index is 682. The summed E-state index contributed by atoms with van der Waals surface area (Å²) in [7, 11) is -3.40. The zero-order chi connectivity index (χ0) is 18.0. The van der Waals surface area contributed by atoms with Crippen molar-refractivity contribution in [1.29, 1.82) is 0 Å². The fourth-order valence-electron chi connectivity index (χ4n) is 3.47. The van der Waals surface area contributed by atoms with Crippen LogP contribution in [0.3, 0.4) is 0 Å². The van der Waals surface area contributed by atoms with Gasteiger partial charge < -0.3 is 4.74 Å². The monoisotopic (exact) mass is 431 g/mol. The lowest BCUT2D eigenvalue weighted by molar-refractivity contribution is -0.0457. The van der Waals surface area contributed by atoms with E-state index < -0.39 is 10.2 Å². The van der Waals surface area contributed by atoms with Gasteiger partial charge in [-0.1, -0.05) is 34.1 Å². The molecule has 2 fully saturated rings. The van der Waals surface area contributed by atoms with Crippen LogP contribution in [-0.4, -0.2) is 73.4 Å². The Hall–Kier alpha value is -0.510. The van der Waals surface area contributed by atoms with E-state index in [9.17, 15) is 8.42 Å². The van der Waals surface area contributed by atoms with Crippen LogP contribution >= 0.6 is 15.9 Å². The Labute approximate surface area is 159 Å². The van der Waals surface area contributed by atoms with Crippen molar-refractivity contribution in [3.63, 3.8) is 0 Å². The van der Waals surface area contributed by atoms with Gasteiger partial charge in [0.1, 0.15) is 0 Å². The molecule has 3 rings (SSSR count). The topological polar surface area (TPSA) is 53.1 Å². The minimum Gasteiger partial charge on any atom is -0.373 e. The molecule has 25 heavy (non-hydrogen) atoms. The Morgan fingerprint density at radius 1 is 1.04 bits per heavy atom. The van der Waals surface area contributed by atoms with Gasteiger partial charge in [-0.2, -0.15) is 17.0 Å². The summed E-state index contributed by atoms with van der Waals surface area (Å²) >= 11 is 3.58. The molecule has 6 nitrogen and oxygen atoms in total. The summed E-state index contributed by atoms with van der Waals surface area (Å²) < 4.78 is 35.8. The smallest absolute Gasteiger partial charge is 0.282 e. The van der Waals surface area contributed by atoms with E-state index in [1.54, 1.807) is 8.61 Å². The SMILES string of the molecule is C[C@@H]1CN(S(=O)(=O)N2CCN(Cc3ccccc3Br)CC2)C[C@@H](C)O1. The van der Waals surface area contributed by atoms with Crippen molar-refractivity contribution >= 4 is 26.1 Å². The van der Waals surface area contributed by atoms with Crippen molar-refractivity contribution in [1.82, 2.24) is 13.5 Å². The molecule has 1 aromatic rings. The minimum atomic E-state index is -3.40. The number of rotatable bonds is 4. The molecule has 2 atom stereocenters. The maximum absolute atomic E-state index is 12.9. The summed E-state index contributed by atoms with van der Waals surface area (Å²) in [5.74, 6) is 0. The standard InChI is InChI=1S/C17H26BrN3O3S/c1-14-11-21(12-15(2)24-14)25(22,23)20-9-7-19(8-10-20)13-16-5-3-4-6-17(16)18/h3-6,14-15H,7-13H2,1-2H3/t14-,15-/m1/s1. The Morgan fingerprint density at radius 2 is 1.64 bits per heavy atom. The number of hydrogen-bond donors (Lipinski definition) is 0. The van der Waals surface area contributed by atoms with Gasteiger partial charge in [-0.05, 0) is 25.5 Å². The van der Waals surface area contributed by atoms with Gasteiger partial charge in [0.2, 0.25) is 0 Å². The molecule has 0 saturated carbocycles. The van der Waals surface area contributed by atoms with Crippen LogP contribution in [0.2, 0.25) is 0 Å². The van der Waals surface area contributed by atoms with Crippen LogP contribution in [0.5, 0.6) is 0 Å². The number of nitrogens with zero attached hydrogens (tertiary/aromatic N) is 3. The van der Waals surface area contributed by atoms with E-state index in [0.717, 1.165) is 24.1 Å². The molecule has 1 aromatic carbocycles. The molecule has 2 heterocycles. The van der Waals surface area contributed by atoms with Gasteiger partial charge >= 0.3 is 0 Å². The number of piperazine rings is 1. The maximum atomic E-state index is 12.9. The number of hydrogen-bond acceptors (Lipinski definition) is 4. The van der Waals surface area contributed by atoms with Crippen molar-refractivity contribution in [2.24, 2.45) is 0 Å². The quantitative estimate of drug-likeness (QED) is 0.730. The number of benzene rings is 1. The van der Waals surface area contributed by atoms with Crippen LogP contribution in [0.1, 0.15) is 19.4 Å². The summed E-state index contributed by atoms with van der Waals surface area (Å²) in [6.45, 7) is 8.11. The van der Waals surface area contributed by atoms with Crippen molar-refractivity contribution in [3.8, 4) is 0 Å². The number of ether oxygens (including phenoxy) is 1. The first-order valence-corrected chi connectivity index (χ1v) is 10.9. The first-order chi connectivity index (χ1) is 11.9. The second kappa shape index (κ2) is 8.02. The molecule has 0 aromatic heterocycles. The summed E-state index contributed by atoms with van der Waals surface area (Å²) in [6, 6.07) is 8.17. The molecule has 0 spiro atoms. The maximum Gasteiger partial charge on any atom is 0.282 e. The third kappa shape index (κ3) is 4.61. The largest absolute Gasteiger partial charge is 0.373 e. The summed E-state index contributed by atoms with van der Waals surface area (Å²) in [5.41, 5.74) is 1.23. The van der Waals surface area contributed by atoms with E-state index in [-0.39, 0.29) is 12.2 Å². The van der Waals surface area contributed by atoms with Crippen molar-refractivity contribution in [3.05, 3.63) is 34.3 Å². The highest BCUT2D eigenvalue weighted by atomic mass is 79.9. The van der Waals surface area contributed by atoms with E-state index in [1.165, 1.54) is 5.56 Å². The van der Waals surface area contributed by atoms with Crippen LogP contribution in [0.4, 0.5) is 0 Å².